The number of carbonyl (C=O) groups is 1. The first-order valence-electron chi connectivity index (χ1n) is 11.0. The molecule has 0 bridgehead atoms. The Morgan fingerprint density at radius 3 is 2.74 bits per heavy atom. The van der Waals surface area contributed by atoms with Crippen LogP contribution in [0, 0.1) is 18.7 Å². The highest BCUT2D eigenvalue weighted by Gasteiger charge is 2.72. The van der Waals surface area contributed by atoms with Crippen LogP contribution in [0.25, 0.3) is 0 Å². The number of thiazole rings is 1. The Balaban J connectivity index is 1.37. The van der Waals surface area contributed by atoms with Crippen LogP contribution in [0.5, 0.6) is 5.75 Å². The smallest absolute Gasteiger partial charge is 0.250 e. The number of anilines is 2. The van der Waals surface area contributed by atoms with Crippen molar-refractivity contribution >= 4 is 49.6 Å². The van der Waals surface area contributed by atoms with E-state index in [1.165, 1.54) is 27.8 Å². The standard InChI is InChI=1S/C24H23ClFN3O4S2/c1-14-22(34-21(27-14)11-15-9-17(25)12-18(26)10-15)28-23(30)24-13-16(24)7-8-29(35(24,31)32)19-3-5-20(33-2)6-4-19/h3-6,9-10,12,16H,7-8,11,13H2,1-2H3,(H,28,30). The summed E-state index contributed by atoms with van der Waals surface area (Å²) in [7, 11) is -2.39. The summed E-state index contributed by atoms with van der Waals surface area (Å²) < 4.78 is 45.9. The number of nitrogens with one attached hydrogen (secondary N) is 1. The van der Waals surface area contributed by atoms with E-state index in [1.807, 2.05) is 0 Å². The summed E-state index contributed by atoms with van der Waals surface area (Å²) in [4.78, 5) is 17.9. The van der Waals surface area contributed by atoms with Crippen molar-refractivity contribution in [2.24, 2.45) is 5.92 Å². The quantitative estimate of drug-likeness (QED) is 0.490. The van der Waals surface area contributed by atoms with E-state index >= 15 is 0 Å². The predicted molar refractivity (Wildman–Crippen MR) is 134 cm³/mol. The largest absolute Gasteiger partial charge is 0.497 e. The Bertz CT molecular complexity index is 1390. The Hall–Kier alpha value is -2.69. The van der Waals surface area contributed by atoms with Gasteiger partial charge in [0, 0.05) is 18.0 Å². The minimum absolute atomic E-state index is 0.218. The molecule has 11 heteroatoms. The number of halogens is 2. The molecule has 7 nitrogen and oxygen atoms in total. The lowest BCUT2D eigenvalue weighted by Crippen LogP contribution is -2.51. The average Bonchev–Trinajstić information content (AvgIpc) is 3.47. The third-order valence-electron chi connectivity index (χ3n) is 6.57. The van der Waals surface area contributed by atoms with E-state index in [1.54, 1.807) is 44.4 Å². The summed E-state index contributed by atoms with van der Waals surface area (Å²) in [6.45, 7) is 2.07. The fraction of sp³-hybridized carbons (Fsp3) is 0.333. The van der Waals surface area contributed by atoms with Crippen LogP contribution in [0.2, 0.25) is 5.02 Å². The van der Waals surface area contributed by atoms with E-state index in [0.717, 1.165) is 0 Å². The maximum absolute atomic E-state index is 13.7. The normalized spacial score (nSPS) is 22.4. The first-order valence-corrected chi connectivity index (χ1v) is 13.7. The van der Waals surface area contributed by atoms with Crippen molar-refractivity contribution in [1.29, 1.82) is 0 Å². The van der Waals surface area contributed by atoms with Crippen LogP contribution in [-0.4, -0.2) is 37.7 Å². The van der Waals surface area contributed by atoms with Gasteiger partial charge in [-0.2, -0.15) is 0 Å². The molecule has 35 heavy (non-hydrogen) atoms. The topological polar surface area (TPSA) is 88.6 Å². The van der Waals surface area contributed by atoms with Crippen LogP contribution in [0.4, 0.5) is 15.1 Å². The molecule has 2 aromatic carbocycles. The molecule has 2 aliphatic rings. The number of aryl methyl sites for hydroxylation is 1. The third-order valence-corrected chi connectivity index (χ3v) is 10.4. The number of benzene rings is 2. The summed E-state index contributed by atoms with van der Waals surface area (Å²) in [6.07, 6.45) is 1.24. The number of fused-ring (bicyclic) bond motifs is 1. The van der Waals surface area contributed by atoms with E-state index < -0.39 is 26.5 Å². The Morgan fingerprint density at radius 2 is 2.06 bits per heavy atom. The van der Waals surface area contributed by atoms with E-state index in [9.17, 15) is 17.6 Å². The summed E-state index contributed by atoms with van der Waals surface area (Å²) in [5.74, 6) is -0.564. The van der Waals surface area contributed by atoms with E-state index in [0.29, 0.717) is 63.5 Å². The van der Waals surface area contributed by atoms with Crippen molar-refractivity contribution in [2.75, 3.05) is 23.3 Å². The molecular weight excluding hydrogens is 513 g/mol. The molecule has 1 amide bonds. The van der Waals surface area contributed by atoms with Gasteiger partial charge >= 0.3 is 0 Å². The third kappa shape index (κ3) is 4.17. The second-order valence-electron chi connectivity index (χ2n) is 8.79. The number of hydrogen-bond donors (Lipinski definition) is 1. The van der Waals surface area contributed by atoms with Crippen LogP contribution in [0.3, 0.4) is 0 Å². The van der Waals surface area contributed by atoms with Crippen molar-refractivity contribution in [3.05, 3.63) is 69.6 Å². The van der Waals surface area contributed by atoms with Gasteiger partial charge in [-0.3, -0.25) is 9.10 Å². The zero-order chi connectivity index (χ0) is 25.0. The molecular formula is C24H23ClFN3O4S2. The van der Waals surface area contributed by atoms with Crippen LogP contribution in [0.1, 0.15) is 29.1 Å². The van der Waals surface area contributed by atoms with Gasteiger partial charge in [0.25, 0.3) is 0 Å². The van der Waals surface area contributed by atoms with Gasteiger partial charge in [-0.25, -0.2) is 17.8 Å². The molecule has 3 aromatic rings. The molecule has 2 fully saturated rings. The van der Waals surface area contributed by atoms with E-state index in [-0.39, 0.29) is 5.92 Å². The van der Waals surface area contributed by atoms with Crippen molar-refractivity contribution in [3.8, 4) is 5.75 Å². The lowest BCUT2D eigenvalue weighted by molar-refractivity contribution is -0.116. The minimum atomic E-state index is -3.94. The maximum Gasteiger partial charge on any atom is 0.250 e. The monoisotopic (exact) mass is 535 g/mol. The Labute approximate surface area is 211 Å². The number of amides is 1. The number of hydrogen-bond acceptors (Lipinski definition) is 6. The van der Waals surface area contributed by atoms with Crippen LogP contribution in [0.15, 0.2) is 42.5 Å². The molecule has 184 valence electrons. The van der Waals surface area contributed by atoms with E-state index in [4.69, 9.17) is 16.3 Å². The van der Waals surface area contributed by atoms with Gasteiger partial charge < -0.3 is 10.1 Å². The molecule has 2 heterocycles. The highest BCUT2D eigenvalue weighted by Crippen LogP contribution is 2.57. The van der Waals surface area contributed by atoms with E-state index in [2.05, 4.69) is 10.3 Å². The average molecular weight is 536 g/mol. The van der Waals surface area contributed by atoms with Crippen LogP contribution >= 0.6 is 22.9 Å². The Kier molecular flexibility index (Phi) is 6.01. The van der Waals surface area contributed by atoms with Gasteiger partial charge in [-0.15, -0.1) is 11.3 Å². The van der Waals surface area contributed by atoms with Gasteiger partial charge in [0.2, 0.25) is 15.9 Å². The number of nitrogens with zero attached hydrogens (tertiary/aromatic N) is 2. The molecule has 1 saturated heterocycles. The summed E-state index contributed by atoms with van der Waals surface area (Å²) in [5.41, 5.74) is 1.75. The van der Waals surface area contributed by atoms with Gasteiger partial charge in [0.1, 0.15) is 16.6 Å². The van der Waals surface area contributed by atoms with Crippen LogP contribution in [-0.2, 0) is 21.2 Å². The van der Waals surface area contributed by atoms with Gasteiger partial charge in [0.15, 0.2) is 4.75 Å². The number of rotatable bonds is 6. The zero-order valence-electron chi connectivity index (χ0n) is 19.0. The molecule has 1 aromatic heterocycles. The van der Waals surface area contributed by atoms with Crippen molar-refractivity contribution in [2.45, 2.75) is 30.9 Å². The Morgan fingerprint density at radius 1 is 1.31 bits per heavy atom. The van der Waals surface area contributed by atoms with Crippen molar-refractivity contribution in [3.63, 3.8) is 0 Å². The first kappa shape index (κ1) is 24.0. The maximum atomic E-state index is 13.7. The summed E-state index contributed by atoms with van der Waals surface area (Å²) >= 11 is 7.19. The summed E-state index contributed by atoms with van der Waals surface area (Å²) in [5, 5.41) is 4.28. The summed E-state index contributed by atoms with van der Waals surface area (Å²) in [6, 6.07) is 11.0. The van der Waals surface area contributed by atoms with Crippen LogP contribution < -0.4 is 14.4 Å². The predicted octanol–water partition coefficient (Wildman–Crippen LogP) is 4.78. The zero-order valence-corrected chi connectivity index (χ0v) is 21.4. The van der Waals surface area contributed by atoms with Gasteiger partial charge in [0.05, 0.1) is 23.5 Å². The fourth-order valence-corrected chi connectivity index (χ4v) is 8.31. The molecule has 1 aliphatic heterocycles. The highest BCUT2D eigenvalue weighted by molar-refractivity contribution is 7.95. The second-order valence-corrected chi connectivity index (χ2v) is 12.4. The molecule has 5 rings (SSSR count). The number of sulfonamides is 1. The highest BCUT2D eigenvalue weighted by atomic mass is 35.5. The number of carbonyl (C=O) groups excluding carboxylic acids is 1. The molecule has 0 spiro atoms. The molecule has 2 atom stereocenters. The SMILES string of the molecule is COc1ccc(N2CCC3CC3(C(=O)Nc3sc(Cc4cc(F)cc(Cl)c4)nc3C)S2(=O)=O)cc1. The fourth-order valence-electron chi connectivity index (χ4n) is 4.70. The molecule has 0 radical (unpaired) electrons. The van der Waals surface area contributed by atoms with Gasteiger partial charge in [-0.1, -0.05) is 11.6 Å². The molecule has 1 N–H and O–H groups in total. The number of aromatic nitrogens is 1. The van der Waals surface area contributed by atoms with Crippen molar-refractivity contribution < 1.29 is 22.3 Å². The molecule has 1 aliphatic carbocycles. The number of ether oxygens (including phenoxy) is 1. The van der Waals surface area contributed by atoms with Crippen molar-refractivity contribution in [1.82, 2.24) is 4.98 Å². The lowest BCUT2D eigenvalue weighted by atomic mass is 10.1. The molecule has 2 unspecified atom stereocenters. The minimum Gasteiger partial charge on any atom is -0.497 e. The first-order chi connectivity index (χ1) is 16.6. The second kappa shape index (κ2) is 8.76. The number of methoxy groups -OCH3 is 1. The lowest BCUT2D eigenvalue weighted by Gasteiger charge is -2.33. The molecule has 1 saturated carbocycles. The van der Waals surface area contributed by atoms with Gasteiger partial charge in [-0.05, 0) is 73.7 Å².